The standard InChI is InChI=1S/C8H2ClF2N3O3/c9-7(15)3-2-13-4(1-12)6(14(16)17)5(3)8(10)11/h2,8H. The summed E-state index contributed by atoms with van der Waals surface area (Å²) in [7, 11) is 0. The van der Waals surface area contributed by atoms with Crippen LogP contribution in [0.1, 0.15) is 28.0 Å². The van der Waals surface area contributed by atoms with E-state index in [0.29, 0.717) is 6.20 Å². The highest BCUT2D eigenvalue weighted by molar-refractivity contribution is 6.68. The minimum atomic E-state index is -3.32. The Balaban J connectivity index is 3.73. The second kappa shape index (κ2) is 4.80. The lowest BCUT2D eigenvalue weighted by atomic mass is 10.1. The molecule has 9 heteroatoms. The predicted octanol–water partition coefficient (Wildman–Crippen LogP) is 2.18. The van der Waals surface area contributed by atoms with Gasteiger partial charge in [0.15, 0.2) is 0 Å². The van der Waals surface area contributed by atoms with Crippen molar-refractivity contribution in [2.24, 2.45) is 0 Å². The van der Waals surface area contributed by atoms with E-state index in [9.17, 15) is 23.7 Å². The van der Waals surface area contributed by atoms with E-state index in [4.69, 9.17) is 16.9 Å². The van der Waals surface area contributed by atoms with Crippen LogP contribution in [0.5, 0.6) is 0 Å². The van der Waals surface area contributed by atoms with Crippen molar-refractivity contribution in [3.8, 4) is 6.07 Å². The molecule has 0 atom stereocenters. The number of nitrogens with zero attached hydrogens (tertiary/aromatic N) is 3. The second-order valence-electron chi connectivity index (χ2n) is 2.73. The molecule has 0 radical (unpaired) electrons. The van der Waals surface area contributed by atoms with Crippen LogP contribution in [0.25, 0.3) is 0 Å². The number of halogens is 3. The Morgan fingerprint density at radius 3 is 2.59 bits per heavy atom. The van der Waals surface area contributed by atoms with Crippen LogP contribution in [0.3, 0.4) is 0 Å². The molecule has 1 heterocycles. The molecule has 0 unspecified atom stereocenters. The third kappa shape index (κ3) is 2.34. The van der Waals surface area contributed by atoms with Crippen LogP contribution in [0.2, 0.25) is 0 Å². The molecule has 0 aliphatic heterocycles. The van der Waals surface area contributed by atoms with Gasteiger partial charge in [-0.25, -0.2) is 13.8 Å². The van der Waals surface area contributed by atoms with Crippen molar-refractivity contribution in [2.75, 3.05) is 0 Å². The van der Waals surface area contributed by atoms with Crippen LogP contribution in [-0.4, -0.2) is 15.1 Å². The molecule has 0 aliphatic carbocycles. The molecule has 0 spiro atoms. The fraction of sp³-hybridized carbons (Fsp3) is 0.125. The normalized spacial score (nSPS) is 10.1. The first-order valence-corrected chi connectivity index (χ1v) is 4.33. The van der Waals surface area contributed by atoms with Crippen molar-refractivity contribution in [3.05, 3.63) is 33.1 Å². The highest BCUT2D eigenvalue weighted by Gasteiger charge is 2.32. The summed E-state index contributed by atoms with van der Waals surface area (Å²) in [6, 6.07) is 1.30. The Hall–Kier alpha value is -2.14. The summed E-state index contributed by atoms with van der Waals surface area (Å²) >= 11 is 5.01. The minimum absolute atomic E-state index is 0.613. The number of carbonyl (C=O) groups is 1. The van der Waals surface area contributed by atoms with E-state index in [0.717, 1.165) is 0 Å². The maximum absolute atomic E-state index is 12.7. The van der Waals surface area contributed by atoms with Gasteiger partial charge in [0.25, 0.3) is 11.7 Å². The Kier molecular flexibility index (Phi) is 3.65. The fourth-order valence-corrected chi connectivity index (χ4v) is 1.31. The molecule has 17 heavy (non-hydrogen) atoms. The van der Waals surface area contributed by atoms with Gasteiger partial charge < -0.3 is 0 Å². The summed E-state index contributed by atoms with van der Waals surface area (Å²) < 4.78 is 25.3. The highest BCUT2D eigenvalue weighted by atomic mass is 35.5. The van der Waals surface area contributed by atoms with Crippen LogP contribution >= 0.6 is 11.6 Å². The highest BCUT2D eigenvalue weighted by Crippen LogP contribution is 2.34. The molecule has 0 fully saturated rings. The molecule has 1 aromatic heterocycles. The number of carbonyl (C=O) groups excluding carboxylic acids is 1. The average Bonchev–Trinajstić information content (AvgIpc) is 2.26. The smallest absolute Gasteiger partial charge is 0.276 e. The van der Waals surface area contributed by atoms with Gasteiger partial charge in [0.05, 0.1) is 10.5 Å². The largest absolute Gasteiger partial charge is 0.315 e. The van der Waals surface area contributed by atoms with Crippen LogP contribution in [0.4, 0.5) is 14.5 Å². The molecule has 0 aliphatic rings. The van der Waals surface area contributed by atoms with Gasteiger partial charge in [-0.2, -0.15) is 5.26 Å². The maximum atomic E-state index is 12.7. The van der Waals surface area contributed by atoms with Crippen LogP contribution < -0.4 is 0 Å². The van der Waals surface area contributed by atoms with E-state index in [1.165, 1.54) is 6.07 Å². The average molecular weight is 262 g/mol. The molecule has 6 nitrogen and oxygen atoms in total. The zero-order valence-electron chi connectivity index (χ0n) is 7.85. The van der Waals surface area contributed by atoms with Crippen molar-refractivity contribution in [2.45, 2.75) is 6.43 Å². The molecule has 0 saturated heterocycles. The SMILES string of the molecule is N#Cc1ncc(C(=O)Cl)c(C(F)F)c1[N+](=O)[O-]. The first-order chi connectivity index (χ1) is 7.90. The summed E-state index contributed by atoms with van der Waals surface area (Å²) in [6.07, 6.45) is -2.70. The van der Waals surface area contributed by atoms with Gasteiger partial charge in [0, 0.05) is 6.20 Å². The quantitative estimate of drug-likeness (QED) is 0.472. The molecule has 1 rings (SSSR count). The van der Waals surface area contributed by atoms with Crippen LogP contribution in [0.15, 0.2) is 6.20 Å². The van der Waals surface area contributed by atoms with Gasteiger partial charge in [-0.1, -0.05) is 0 Å². The van der Waals surface area contributed by atoms with Crippen LogP contribution in [-0.2, 0) is 0 Å². The lowest BCUT2D eigenvalue weighted by molar-refractivity contribution is -0.386. The summed E-state index contributed by atoms with van der Waals surface area (Å²) in [5.41, 5.74) is -3.98. The number of aromatic nitrogens is 1. The molecule has 0 aromatic carbocycles. The van der Waals surface area contributed by atoms with Crippen molar-refractivity contribution >= 4 is 22.5 Å². The number of hydrogen-bond acceptors (Lipinski definition) is 5. The van der Waals surface area contributed by atoms with Crippen molar-refractivity contribution in [1.29, 1.82) is 5.26 Å². The summed E-state index contributed by atoms with van der Waals surface area (Å²) in [5, 5.41) is 17.8. The molecular weight excluding hydrogens is 260 g/mol. The second-order valence-corrected chi connectivity index (χ2v) is 3.07. The van der Waals surface area contributed by atoms with Gasteiger partial charge in [0.1, 0.15) is 11.6 Å². The Morgan fingerprint density at radius 1 is 1.65 bits per heavy atom. The predicted molar refractivity (Wildman–Crippen MR) is 50.7 cm³/mol. The van der Waals surface area contributed by atoms with Gasteiger partial charge in [-0.3, -0.25) is 14.9 Å². The summed E-state index contributed by atoms with van der Waals surface area (Å²) in [5.74, 6) is 0. The first-order valence-electron chi connectivity index (χ1n) is 3.95. The van der Waals surface area contributed by atoms with Gasteiger partial charge in [-0.05, 0) is 11.6 Å². The number of hydrogen-bond donors (Lipinski definition) is 0. The van der Waals surface area contributed by atoms with Gasteiger partial charge in [-0.15, -0.1) is 0 Å². The van der Waals surface area contributed by atoms with E-state index in [2.05, 4.69) is 4.98 Å². The van der Waals surface area contributed by atoms with E-state index < -0.39 is 39.1 Å². The molecule has 0 bridgehead atoms. The van der Waals surface area contributed by atoms with Crippen LogP contribution in [0, 0.1) is 21.4 Å². The van der Waals surface area contributed by atoms with Crippen molar-refractivity contribution in [1.82, 2.24) is 4.98 Å². The van der Waals surface area contributed by atoms with Gasteiger partial charge >= 0.3 is 5.69 Å². The zero-order valence-corrected chi connectivity index (χ0v) is 8.61. The molecular formula is C8H2ClF2N3O3. The summed E-state index contributed by atoms with van der Waals surface area (Å²) in [6.45, 7) is 0. The fourth-order valence-electron chi connectivity index (χ4n) is 1.16. The monoisotopic (exact) mass is 261 g/mol. The Morgan fingerprint density at radius 2 is 2.24 bits per heavy atom. The third-order valence-corrected chi connectivity index (χ3v) is 2.01. The summed E-state index contributed by atoms with van der Waals surface area (Å²) in [4.78, 5) is 23.5. The number of pyridine rings is 1. The molecule has 1 aromatic rings. The third-order valence-electron chi connectivity index (χ3n) is 1.81. The van der Waals surface area contributed by atoms with E-state index in [1.807, 2.05) is 0 Å². The number of alkyl halides is 2. The Bertz CT molecular complexity index is 542. The van der Waals surface area contributed by atoms with Crippen molar-refractivity contribution < 1.29 is 18.5 Å². The zero-order chi connectivity index (χ0) is 13.2. The first kappa shape index (κ1) is 12.9. The van der Waals surface area contributed by atoms with Crippen molar-refractivity contribution in [3.63, 3.8) is 0 Å². The molecule has 0 N–H and O–H groups in total. The topological polar surface area (TPSA) is 96.9 Å². The number of rotatable bonds is 3. The Labute approximate surface area is 97.6 Å². The van der Waals surface area contributed by atoms with E-state index in [1.54, 1.807) is 0 Å². The lowest BCUT2D eigenvalue weighted by Gasteiger charge is -2.06. The molecule has 0 amide bonds. The maximum Gasteiger partial charge on any atom is 0.315 e. The molecule has 88 valence electrons. The lowest BCUT2D eigenvalue weighted by Crippen LogP contribution is -2.07. The molecule has 0 saturated carbocycles. The number of nitriles is 1. The minimum Gasteiger partial charge on any atom is -0.276 e. The van der Waals surface area contributed by atoms with Gasteiger partial charge in [0.2, 0.25) is 5.69 Å². The van der Waals surface area contributed by atoms with E-state index >= 15 is 0 Å². The number of nitro groups is 1. The van der Waals surface area contributed by atoms with E-state index in [-0.39, 0.29) is 0 Å².